The summed E-state index contributed by atoms with van der Waals surface area (Å²) in [5.41, 5.74) is -0.191. The number of hydrogen-bond donors (Lipinski definition) is 0. The minimum Gasteiger partial charge on any atom is -0.368 e. The Morgan fingerprint density at radius 2 is 2.07 bits per heavy atom. The number of nitrogens with zero attached hydrogens (tertiary/aromatic N) is 7. The van der Waals surface area contributed by atoms with Crippen molar-refractivity contribution >= 4 is 12.0 Å². The van der Waals surface area contributed by atoms with Crippen LogP contribution in [0.2, 0.25) is 0 Å². The van der Waals surface area contributed by atoms with Crippen LogP contribution in [-0.4, -0.2) is 44.1 Å². The molecule has 3 aromatic rings. The SMILES string of the molecule is Cn1cnnc1C1(F)CCN(c2c(C#N)ccnc2-c2cnc(F)c(C=O)c2)CC1. The van der Waals surface area contributed by atoms with Crippen LogP contribution in [0.5, 0.6) is 0 Å². The van der Waals surface area contributed by atoms with E-state index in [-0.39, 0.29) is 24.2 Å². The lowest BCUT2D eigenvalue weighted by Gasteiger charge is -2.37. The number of carbonyl (C=O) groups excluding carboxylic acids is 1. The number of aromatic nitrogens is 5. The summed E-state index contributed by atoms with van der Waals surface area (Å²) in [5, 5.41) is 17.3. The van der Waals surface area contributed by atoms with Crippen LogP contribution in [0.15, 0.2) is 30.9 Å². The summed E-state index contributed by atoms with van der Waals surface area (Å²) in [6, 6.07) is 5.04. The van der Waals surface area contributed by atoms with E-state index in [4.69, 9.17) is 0 Å². The van der Waals surface area contributed by atoms with E-state index in [0.717, 1.165) is 0 Å². The van der Waals surface area contributed by atoms with Gasteiger partial charge in [0.05, 0.1) is 22.5 Å². The van der Waals surface area contributed by atoms with Crippen molar-refractivity contribution in [2.24, 2.45) is 7.05 Å². The zero-order valence-electron chi connectivity index (χ0n) is 16.1. The highest BCUT2D eigenvalue weighted by atomic mass is 19.1. The van der Waals surface area contributed by atoms with Crippen molar-refractivity contribution in [2.75, 3.05) is 18.0 Å². The fourth-order valence-corrected chi connectivity index (χ4v) is 3.75. The number of aryl methyl sites for hydroxylation is 1. The molecular weight excluding hydrogens is 392 g/mol. The highest BCUT2D eigenvalue weighted by molar-refractivity contribution is 5.83. The van der Waals surface area contributed by atoms with Crippen LogP contribution in [0.1, 0.15) is 34.6 Å². The molecule has 0 radical (unpaired) electrons. The number of hydrogen-bond acceptors (Lipinski definition) is 7. The predicted molar refractivity (Wildman–Crippen MR) is 103 cm³/mol. The quantitative estimate of drug-likeness (QED) is 0.482. The van der Waals surface area contributed by atoms with Gasteiger partial charge >= 0.3 is 0 Å². The van der Waals surface area contributed by atoms with E-state index in [1.165, 1.54) is 24.8 Å². The second-order valence-electron chi connectivity index (χ2n) is 7.11. The maximum Gasteiger partial charge on any atom is 0.223 e. The maximum atomic E-state index is 15.5. The first-order chi connectivity index (χ1) is 14.5. The zero-order chi connectivity index (χ0) is 21.3. The summed E-state index contributed by atoms with van der Waals surface area (Å²) in [6.45, 7) is 0.623. The van der Waals surface area contributed by atoms with Crippen molar-refractivity contribution in [1.29, 1.82) is 5.26 Å². The minimum atomic E-state index is -1.63. The smallest absolute Gasteiger partial charge is 0.223 e. The molecule has 0 unspecified atom stereocenters. The Balaban J connectivity index is 1.71. The number of carbonyl (C=O) groups is 1. The van der Waals surface area contributed by atoms with Gasteiger partial charge in [0.25, 0.3) is 0 Å². The lowest BCUT2D eigenvalue weighted by atomic mass is 9.91. The molecule has 4 heterocycles. The Bertz CT molecular complexity index is 1150. The van der Waals surface area contributed by atoms with Crippen molar-refractivity contribution in [2.45, 2.75) is 18.5 Å². The summed E-state index contributed by atoms with van der Waals surface area (Å²) >= 11 is 0. The van der Waals surface area contributed by atoms with Crippen LogP contribution < -0.4 is 4.90 Å². The Kier molecular flexibility index (Phi) is 4.95. The molecule has 0 bridgehead atoms. The van der Waals surface area contributed by atoms with Gasteiger partial charge in [-0.1, -0.05) is 0 Å². The highest BCUT2D eigenvalue weighted by Crippen LogP contribution is 2.40. The number of rotatable bonds is 4. The third kappa shape index (κ3) is 3.28. The molecule has 0 atom stereocenters. The molecule has 0 N–H and O–H groups in total. The molecule has 1 fully saturated rings. The average Bonchev–Trinajstić information content (AvgIpc) is 3.21. The lowest BCUT2D eigenvalue weighted by Crippen LogP contribution is -2.42. The molecule has 8 nitrogen and oxygen atoms in total. The number of anilines is 1. The standard InChI is InChI=1S/C20H17F2N7O/c1-28-12-26-27-19(28)20(22)3-6-29(7-4-20)17-13(9-23)2-5-24-16(17)14-8-15(11-30)18(21)25-10-14/h2,5,8,10-12H,3-4,6-7H2,1H3. The molecule has 0 aliphatic carbocycles. The van der Waals surface area contributed by atoms with Crippen molar-refractivity contribution in [3.05, 3.63) is 53.8 Å². The van der Waals surface area contributed by atoms with Gasteiger partial charge in [-0.2, -0.15) is 9.65 Å². The van der Waals surface area contributed by atoms with Gasteiger partial charge in [-0.15, -0.1) is 10.2 Å². The second kappa shape index (κ2) is 7.59. The number of nitriles is 1. The number of piperidine rings is 1. The van der Waals surface area contributed by atoms with Crippen molar-refractivity contribution in [3.8, 4) is 17.3 Å². The molecule has 0 saturated carbocycles. The normalized spacial score (nSPS) is 15.6. The van der Waals surface area contributed by atoms with Crippen molar-refractivity contribution < 1.29 is 13.6 Å². The summed E-state index contributed by atoms with van der Waals surface area (Å²) in [4.78, 5) is 21.0. The fraction of sp³-hybridized carbons (Fsp3) is 0.300. The topological polar surface area (TPSA) is 101 Å². The van der Waals surface area contributed by atoms with Gasteiger partial charge in [0.1, 0.15) is 12.4 Å². The lowest BCUT2D eigenvalue weighted by molar-refractivity contribution is 0.109. The minimum absolute atomic E-state index is 0.153. The molecular formula is C20H17F2N7O. The van der Waals surface area contributed by atoms with E-state index in [2.05, 4.69) is 26.2 Å². The van der Waals surface area contributed by atoms with E-state index in [1.54, 1.807) is 17.7 Å². The van der Waals surface area contributed by atoms with Gasteiger partial charge in [0.15, 0.2) is 17.8 Å². The number of pyridine rings is 2. The van der Waals surface area contributed by atoms with E-state index >= 15 is 4.39 Å². The van der Waals surface area contributed by atoms with Crippen molar-refractivity contribution in [3.63, 3.8) is 0 Å². The summed E-state index contributed by atoms with van der Waals surface area (Å²) in [5.74, 6) is -0.608. The van der Waals surface area contributed by atoms with Crippen LogP contribution in [0, 0.1) is 17.3 Å². The van der Waals surface area contributed by atoms with Crippen LogP contribution in [0.4, 0.5) is 14.5 Å². The summed E-state index contributed by atoms with van der Waals surface area (Å²) in [7, 11) is 1.70. The molecule has 1 aliphatic rings. The van der Waals surface area contributed by atoms with Gasteiger partial charge in [0, 0.05) is 50.9 Å². The van der Waals surface area contributed by atoms with Crippen molar-refractivity contribution in [1.82, 2.24) is 24.7 Å². The van der Waals surface area contributed by atoms with Crippen LogP contribution in [-0.2, 0) is 12.7 Å². The fourth-order valence-electron chi connectivity index (χ4n) is 3.75. The molecule has 0 aromatic carbocycles. The van der Waals surface area contributed by atoms with Crippen LogP contribution >= 0.6 is 0 Å². The molecule has 0 spiro atoms. The molecule has 3 aromatic heterocycles. The molecule has 0 amide bonds. The Labute approximate surface area is 170 Å². The van der Waals surface area contributed by atoms with Gasteiger partial charge in [-0.3, -0.25) is 9.78 Å². The van der Waals surface area contributed by atoms with E-state index in [9.17, 15) is 14.4 Å². The van der Waals surface area contributed by atoms with Crippen LogP contribution in [0.25, 0.3) is 11.3 Å². The summed E-state index contributed by atoms with van der Waals surface area (Å²) < 4.78 is 30.7. The highest BCUT2D eigenvalue weighted by Gasteiger charge is 2.41. The molecule has 10 heteroatoms. The first-order valence-corrected chi connectivity index (χ1v) is 9.25. The second-order valence-corrected chi connectivity index (χ2v) is 7.11. The molecule has 1 saturated heterocycles. The number of aldehydes is 1. The largest absolute Gasteiger partial charge is 0.368 e. The van der Waals surface area contributed by atoms with Gasteiger partial charge < -0.3 is 9.47 Å². The third-order valence-corrected chi connectivity index (χ3v) is 5.30. The Morgan fingerprint density at radius 1 is 1.30 bits per heavy atom. The molecule has 30 heavy (non-hydrogen) atoms. The first-order valence-electron chi connectivity index (χ1n) is 9.25. The van der Waals surface area contributed by atoms with E-state index in [1.807, 2.05) is 4.90 Å². The zero-order valence-corrected chi connectivity index (χ0v) is 16.1. The van der Waals surface area contributed by atoms with E-state index < -0.39 is 11.6 Å². The Morgan fingerprint density at radius 3 is 2.70 bits per heavy atom. The maximum absolute atomic E-state index is 15.5. The molecule has 152 valence electrons. The third-order valence-electron chi connectivity index (χ3n) is 5.30. The first kappa shape index (κ1) is 19.6. The molecule has 1 aliphatic heterocycles. The predicted octanol–water partition coefficient (Wildman–Crippen LogP) is 2.56. The number of alkyl halides is 1. The van der Waals surface area contributed by atoms with E-state index in [0.29, 0.717) is 41.9 Å². The monoisotopic (exact) mass is 409 g/mol. The van der Waals surface area contributed by atoms with Gasteiger partial charge in [-0.25, -0.2) is 9.37 Å². The summed E-state index contributed by atoms with van der Waals surface area (Å²) in [6.07, 6.45) is 4.86. The van der Waals surface area contributed by atoms with Gasteiger partial charge in [0.2, 0.25) is 5.95 Å². The van der Waals surface area contributed by atoms with Gasteiger partial charge in [-0.05, 0) is 12.1 Å². The number of halogens is 2. The molecule has 4 rings (SSSR count). The average molecular weight is 409 g/mol. The van der Waals surface area contributed by atoms with Crippen LogP contribution in [0.3, 0.4) is 0 Å². The Hall–Kier alpha value is -3.74.